The van der Waals surface area contributed by atoms with Gasteiger partial charge in [0.05, 0.1) is 0 Å². The molecule has 1 aliphatic rings. The third kappa shape index (κ3) is 3.35. The van der Waals surface area contributed by atoms with E-state index in [1.54, 1.807) is 0 Å². The van der Waals surface area contributed by atoms with Crippen LogP contribution in [0, 0.1) is 5.92 Å². The molecule has 0 aliphatic heterocycles. The van der Waals surface area contributed by atoms with E-state index in [2.05, 4.69) is 42.6 Å². The molecule has 0 bridgehead atoms. The molecule has 1 N–H and O–H groups in total. The lowest BCUT2D eigenvalue weighted by molar-refractivity contribution is 0.306. The van der Waals surface area contributed by atoms with E-state index in [0.29, 0.717) is 0 Å². The van der Waals surface area contributed by atoms with Crippen molar-refractivity contribution in [2.45, 2.75) is 45.2 Å². The summed E-state index contributed by atoms with van der Waals surface area (Å²) >= 11 is 0. The van der Waals surface area contributed by atoms with Crippen molar-refractivity contribution in [2.24, 2.45) is 5.92 Å². The van der Waals surface area contributed by atoms with Crippen LogP contribution < -0.4 is 5.32 Å². The second-order valence-corrected chi connectivity index (χ2v) is 4.82. The molecule has 1 aromatic rings. The summed E-state index contributed by atoms with van der Waals surface area (Å²) in [5.41, 5.74) is 1.40. The zero-order valence-electron chi connectivity index (χ0n) is 9.58. The van der Waals surface area contributed by atoms with Gasteiger partial charge in [0.2, 0.25) is 0 Å². The molecule has 0 spiro atoms. The molecule has 1 heteroatoms. The predicted molar refractivity (Wildman–Crippen MR) is 64.7 cm³/mol. The van der Waals surface area contributed by atoms with Gasteiger partial charge in [-0.25, -0.2) is 0 Å². The number of hydrogen-bond acceptors (Lipinski definition) is 1. The Balaban J connectivity index is 1.74. The first-order valence-corrected chi connectivity index (χ1v) is 6.12. The Hall–Kier alpha value is -0.820. The maximum Gasteiger partial charge on any atom is 0.0208 e. The molecule has 1 aliphatic carbocycles. The Kier molecular flexibility index (Phi) is 3.79. The van der Waals surface area contributed by atoms with Crippen molar-refractivity contribution in [2.75, 3.05) is 0 Å². The lowest BCUT2D eigenvalue weighted by Crippen LogP contribution is -2.32. The zero-order valence-corrected chi connectivity index (χ0v) is 9.58. The zero-order chi connectivity index (χ0) is 10.5. The van der Waals surface area contributed by atoms with Crippen molar-refractivity contribution >= 4 is 0 Å². The van der Waals surface area contributed by atoms with Gasteiger partial charge < -0.3 is 5.32 Å². The summed E-state index contributed by atoms with van der Waals surface area (Å²) in [6.07, 6.45) is 5.50. The van der Waals surface area contributed by atoms with Crippen LogP contribution in [0.2, 0.25) is 0 Å². The lowest BCUT2D eigenvalue weighted by Gasteiger charge is -2.27. The summed E-state index contributed by atoms with van der Waals surface area (Å²) in [4.78, 5) is 0. The van der Waals surface area contributed by atoms with E-state index in [4.69, 9.17) is 0 Å². The van der Waals surface area contributed by atoms with Gasteiger partial charge in [0.15, 0.2) is 0 Å². The maximum absolute atomic E-state index is 3.66. The summed E-state index contributed by atoms with van der Waals surface area (Å²) in [6, 6.07) is 11.4. The van der Waals surface area contributed by atoms with Crippen LogP contribution in [0.4, 0.5) is 0 Å². The van der Waals surface area contributed by atoms with Gasteiger partial charge in [-0.1, -0.05) is 37.3 Å². The second-order valence-electron chi connectivity index (χ2n) is 4.82. The van der Waals surface area contributed by atoms with Gasteiger partial charge in [-0.15, -0.1) is 0 Å². The first kappa shape index (κ1) is 10.7. The van der Waals surface area contributed by atoms with Gasteiger partial charge >= 0.3 is 0 Å². The van der Waals surface area contributed by atoms with Crippen molar-refractivity contribution in [3.8, 4) is 0 Å². The molecule has 82 valence electrons. The van der Waals surface area contributed by atoms with E-state index in [-0.39, 0.29) is 0 Å². The Bertz CT molecular complexity index is 273. The summed E-state index contributed by atoms with van der Waals surface area (Å²) in [5, 5.41) is 3.66. The van der Waals surface area contributed by atoms with E-state index < -0.39 is 0 Å². The minimum absolute atomic E-state index is 0.751. The fourth-order valence-electron chi connectivity index (χ4n) is 2.32. The smallest absolute Gasteiger partial charge is 0.0208 e. The third-order valence-corrected chi connectivity index (χ3v) is 3.45. The van der Waals surface area contributed by atoms with Gasteiger partial charge in [-0.05, 0) is 37.2 Å². The second kappa shape index (κ2) is 5.32. The number of hydrogen-bond donors (Lipinski definition) is 1. The van der Waals surface area contributed by atoms with Crippen LogP contribution in [0.3, 0.4) is 0 Å². The first-order chi connectivity index (χ1) is 7.34. The average molecular weight is 203 g/mol. The summed E-state index contributed by atoms with van der Waals surface area (Å²) in [6.45, 7) is 3.40. The Morgan fingerprint density at radius 1 is 1.07 bits per heavy atom. The molecular formula is C14H21N. The van der Waals surface area contributed by atoms with Gasteiger partial charge in [0.1, 0.15) is 0 Å². The fourth-order valence-corrected chi connectivity index (χ4v) is 2.32. The largest absolute Gasteiger partial charge is 0.310 e. The van der Waals surface area contributed by atoms with E-state index in [0.717, 1.165) is 18.5 Å². The van der Waals surface area contributed by atoms with E-state index in [1.165, 1.54) is 31.2 Å². The highest BCUT2D eigenvalue weighted by atomic mass is 14.9. The monoisotopic (exact) mass is 203 g/mol. The van der Waals surface area contributed by atoms with Gasteiger partial charge in [0.25, 0.3) is 0 Å². The van der Waals surface area contributed by atoms with Crippen molar-refractivity contribution in [1.29, 1.82) is 0 Å². The van der Waals surface area contributed by atoms with Crippen molar-refractivity contribution in [3.05, 3.63) is 35.9 Å². The molecule has 15 heavy (non-hydrogen) atoms. The highest BCUT2D eigenvalue weighted by molar-refractivity contribution is 5.14. The standard InChI is InChI=1S/C14H21N/c1-12-7-9-14(10-8-12)15-11-13-5-3-2-4-6-13/h2-6,12,14-15H,7-11H2,1H3/t12-,14-. The minimum Gasteiger partial charge on any atom is -0.310 e. The summed E-state index contributed by atoms with van der Waals surface area (Å²) < 4.78 is 0. The third-order valence-electron chi connectivity index (χ3n) is 3.45. The highest BCUT2D eigenvalue weighted by Crippen LogP contribution is 2.23. The lowest BCUT2D eigenvalue weighted by atomic mass is 9.87. The SMILES string of the molecule is C[C@H]1CC[C@H](NCc2ccccc2)CC1. The van der Waals surface area contributed by atoms with Gasteiger partial charge in [0, 0.05) is 12.6 Å². The van der Waals surface area contributed by atoms with E-state index in [1.807, 2.05) is 0 Å². The number of benzene rings is 1. The molecule has 0 saturated heterocycles. The Morgan fingerprint density at radius 3 is 2.40 bits per heavy atom. The summed E-state index contributed by atoms with van der Waals surface area (Å²) in [7, 11) is 0. The molecule has 0 unspecified atom stereocenters. The van der Waals surface area contributed by atoms with E-state index >= 15 is 0 Å². The van der Waals surface area contributed by atoms with Gasteiger partial charge in [-0.3, -0.25) is 0 Å². The molecule has 0 heterocycles. The molecule has 0 radical (unpaired) electrons. The average Bonchev–Trinajstić information content (AvgIpc) is 2.30. The van der Waals surface area contributed by atoms with Crippen LogP contribution in [-0.2, 0) is 6.54 Å². The quantitative estimate of drug-likeness (QED) is 0.794. The van der Waals surface area contributed by atoms with Crippen molar-refractivity contribution in [3.63, 3.8) is 0 Å². The molecule has 0 atom stereocenters. The normalized spacial score (nSPS) is 26.5. The maximum atomic E-state index is 3.66. The van der Waals surface area contributed by atoms with Crippen LogP contribution in [0.15, 0.2) is 30.3 Å². The minimum atomic E-state index is 0.751. The number of rotatable bonds is 3. The molecule has 1 fully saturated rings. The van der Waals surface area contributed by atoms with Crippen LogP contribution in [0.25, 0.3) is 0 Å². The van der Waals surface area contributed by atoms with E-state index in [9.17, 15) is 0 Å². The molecular weight excluding hydrogens is 182 g/mol. The molecule has 0 aromatic heterocycles. The summed E-state index contributed by atoms with van der Waals surface area (Å²) in [5.74, 6) is 0.944. The molecule has 2 rings (SSSR count). The van der Waals surface area contributed by atoms with Crippen LogP contribution in [0.5, 0.6) is 0 Å². The van der Waals surface area contributed by atoms with Crippen LogP contribution in [-0.4, -0.2) is 6.04 Å². The Morgan fingerprint density at radius 2 is 1.73 bits per heavy atom. The van der Waals surface area contributed by atoms with Gasteiger partial charge in [-0.2, -0.15) is 0 Å². The molecule has 1 saturated carbocycles. The van der Waals surface area contributed by atoms with Crippen molar-refractivity contribution < 1.29 is 0 Å². The number of nitrogens with one attached hydrogen (secondary N) is 1. The predicted octanol–water partition coefficient (Wildman–Crippen LogP) is 3.35. The van der Waals surface area contributed by atoms with Crippen LogP contribution >= 0.6 is 0 Å². The van der Waals surface area contributed by atoms with Crippen molar-refractivity contribution in [1.82, 2.24) is 5.32 Å². The molecule has 1 nitrogen and oxygen atoms in total. The molecule has 0 amide bonds. The fraction of sp³-hybridized carbons (Fsp3) is 0.571. The highest BCUT2D eigenvalue weighted by Gasteiger charge is 2.17. The first-order valence-electron chi connectivity index (χ1n) is 6.12. The molecule has 1 aromatic carbocycles. The Labute approximate surface area is 92.9 Å². The van der Waals surface area contributed by atoms with Crippen LogP contribution in [0.1, 0.15) is 38.2 Å². The topological polar surface area (TPSA) is 12.0 Å².